The van der Waals surface area contributed by atoms with Crippen molar-refractivity contribution in [3.05, 3.63) is 0 Å². The fraction of sp³-hybridized carbons (Fsp3) is 0.750. The Morgan fingerprint density at radius 3 is 2.93 bits per heavy atom. The number of likely N-dealkylation sites (tertiary alicyclic amines) is 1. The summed E-state index contributed by atoms with van der Waals surface area (Å²) in [4.78, 5) is 13.5. The summed E-state index contributed by atoms with van der Waals surface area (Å²) in [6.07, 6.45) is 8.36. The van der Waals surface area contributed by atoms with Gasteiger partial charge in [-0.15, -0.1) is 12.3 Å². The Morgan fingerprint density at radius 2 is 2.27 bits per heavy atom. The van der Waals surface area contributed by atoms with Gasteiger partial charge in [0.1, 0.15) is 0 Å². The van der Waals surface area contributed by atoms with Gasteiger partial charge in [0.25, 0.3) is 0 Å². The van der Waals surface area contributed by atoms with E-state index in [0.29, 0.717) is 25.8 Å². The maximum absolute atomic E-state index is 11.7. The van der Waals surface area contributed by atoms with E-state index < -0.39 is 5.60 Å². The highest BCUT2D eigenvalue weighted by atomic mass is 16.3. The zero-order valence-electron chi connectivity index (χ0n) is 9.33. The van der Waals surface area contributed by atoms with Crippen LogP contribution in [-0.2, 0) is 4.79 Å². The molecule has 0 aromatic rings. The van der Waals surface area contributed by atoms with Crippen LogP contribution in [0.3, 0.4) is 0 Å². The molecule has 1 saturated heterocycles. The van der Waals surface area contributed by atoms with E-state index in [1.54, 1.807) is 0 Å². The van der Waals surface area contributed by atoms with Crippen LogP contribution in [0.2, 0.25) is 0 Å². The molecule has 1 aliphatic rings. The van der Waals surface area contributed by atoms with Crippen LogP contribution in [0.5, 0.6) is 0 Å². The summed E-state index contributed by atoms with van der Waals surface area (Å²) in [5.74, 6) is 2.59. The molecule has 1 amide bonds. The molecule has 1 heterocycles. The number of nitrogens with zero attached hydrogens (tertiary/aromatic N) is 1. The molecule has 0 aromatic carbocycles. The smallest absolute Gasteiger partial charge is 0.223 e. The fourth-order valence-corrected chi connectivity index (χ4v) is 1.85. The predicted octanol–water partition coefficient (Wildman–Crippen LogP) is 1.16. The van der Waals surface area contributed by atoms with Crippen molar-refractivity contribution >= 4 is 5.91 Å². The summed E-state index contributed by atoms with van der Waals surface area (Å²) < 4.78 is 0. The minimum Gasteiger partial charge on any atom is -0.390 e. The third-order valence-corrected chi connectivity index (χ3v) is 2.90. The second-order valence-electron chi connectivity index (χ2n) is 4.44. The number of hydrogen-bond acceptors (Lipinski definition) is 2. The Bertz CT molecular complexity index is 265. The van der Waals surface area contributed by atoms with E-state index in [4.69, 9.17) is 6.42 Å². The molecule has 1 atom stereocenters. The van der Waals surface area contributed by atoms with E-state index in [9.17, 15) is 9.90 Å². The van der Waals surface area contributed by atoms with Crippen LogP contribution in [-0.4, -0.2) is 34.6 Å². The molecule has 0 saturated carbocycles. The standard InChI is InChI=1S/C12H19NO2/c1-3-4-6-11(14)13-9-5-7-12(2,15)8-10-13/h1,15H,4-10H2,2H3. The lowest BCUT2D eigenvalue weighted by atomic mass is 9.98. The van der Waals surface area contributed by atoms with Gasteiger partial charge in [0.15, 0.2) is 0 Å². The number of hydrogen-bond donors (Lipinski definition) is 1. The Labute approximate surface area is 91.5 Å². The van der Waals surface area contributed by atoms with Crippen LogP contribution in [0, 0.1) is 12.3 Å². The van der Waals surface area contributed by atoms with Crippen LogP contribution >= 0.6 is 0 Å². The topological polar surface area (TPSA) is 40.5 Å². The van der Waals surface area contributed by atoms with Crippen LogP contribution in [0.1, 0.15) is 39.0 Å². The highest BCUT2D eigenvalue weighted by molar-refractivity contribution is 5.76. The molecule has 0 aliphatic carbocycles. The highest BCUT2D eigenvalue weighted by Crippen LogP contribution is 2.21. The van der Waals surface area contributed by atoms with Crippen LogP contribution in [0.15, 0.2) is 0 Å². The average molecular weight is 209 g/mol. The minimum absolute atomic E-state index is 0.116. The predicted molar refractivity (Wildman–Crippen MR) is 59.1 cm³/mol. The third kappa shape index (κ3) is 3.93. The SMILES string of the molecule is C#CCCC(=O)N1CCCC(C)(O)CC1. The van der Waals surface area contributed by atoms with Gasteiger partial charge in [-0.05, 0) is 26.2 Å². The molecule has 84 valence electrons. The first kappa shape index (κ1) is 12.1. The zero-order chi connectivity index (χ0) is 11.3. The third-order valence-electron chi connectivity index (χ3n) is 2.90. The first-order valence-corrected chi connectivity index (χ1v) is 5.49. The van der Waals surface area contributed by atoms with Gasteiger partial charge in [-0.1, -0.05) is 0 Å². The quantitative estimate of drug-likeness (QED) is 0.693. The first-order chi connectivity index (χ1) is 7.05. The van der Waals surface area contributed by atoms with Gasteiger partial charge < -0.3 is 10.0 Å². The van der Waals surface area contributed by atoms with Crippen molar-refractivity contribution in [2.45, 2.75) is 44.6 Å². The van der Waals surface area contributed by atoms with E-state index in [0.717, 1.165) is 19.4 Å². The van der Waals surface area contributed by atoms with Crippen molar-refractivity contribution in [3.63, 3.8) is 0 Å². The van der Waals surface area contributed by atoms with Gasteiger partial charge in [-0.2, -0.15) is 0 Å². The summed E-state index contributed by atoms with van der Waals surface area (Å²) >= 11 is 0. The number of aliphatic hydroxyl groups is 1. The number of carbonyl (C=O) groups excluding carboxylic acids is 1. The molecule has 3 nitrogen and oxygen atoms in total. The van der Waals surface area contributed by atoms with Crippen molar-refractivity contribution in [1.29, 1.82) is 0 Å². The Morgan fingerprint density at radius 1 is 1.53 bits per heavy atom. The number of carbonyl (C=O) groups is 1. The van der Waals surface area contributed by atoms with Gasteiger partial charge in [0.05, 0.1) is 5.60 Å². The molecule has 1 fully saturated rings. The largest absolute Gasteiger partial charge is 0.390 e. The van der Waals surface area contributed by atoms with Crippen LogP contribution in [0.4, 0.5) is 0 Å². The molecule has 1 aliphatic heterocycles. The highest BCUT2D eigenvalue weighted by Gasteiger charge is 2.26. The number of rotatable bonds is 2. The molecule has 0 aromatic heterocycles. The summed E-state index contributed by atoms with van der Waals surface area (Å²) in [5.41, 5.74) is -0.610. The van der Waals surface area contributed by atoms with E-state index in [2.05, 4.69) is 5.92 Å². The molecule has 1 N–H and O–H groups in total. The fourth-order valence-electron chi connectivity index (χ4n) is 1.85. The number of amides is 1. The summed E-state index contributed by atoms with van der Waals surface area (Å²) in [7, 11) is 0. The molecular formula is C12H19NO2. The zero-order valence-corrected chi connectivity index (χ0v) is 9.33. The van der Waals surface area contributed by atoms with Gasteiger partial charge >= 0.3 is 0 Å². The number of terminal acetylenes is 1. The first-order valence-electron chi connectivity index (χ1n) is 5.49. The summed E-state index contributed by atoms with van der Waals surface area (Å²) in [6, 6.07) is 0. The lowest BCUT2D eigenvalue weighted by Gasteiger charge is -2.22. The van der Waals surface area contributed by atoms with Crippen molar-refractivity contribution in [1.82, 2.24) is 4.90 Å². The Hall–Kier alpha value is -1.01. The molecule has 0 spiro atoms. The molecule has 15 heavy (non-hydrogen) atoms. The monoisotopic (exact) mass is 209 g/mol. The lowest BCUT2D eigenvalue weighted by Crippen LogP contribution is -2.33. The van der Waals surface area contributed by atoms with E-state index in [-0.39, 0.29) is 5.91 Å². The molecule has 3 heteroatoms. The second-order valence-corrected chi connectivity index (χ2v) is 4.44. The van der Waals surface area contributed by atoms with Gasteiger partial charge in [0.2, 0.25) is 5.91 Å². The van der Waals surface area contributed by atoms with Gasteiger partial charge in [-0.25, -0.2) is 0 Å². The molecule has 1 rings (SSSR count). The maximum atomic E-state index is 11.7. The molecule has 1 unspecified atom stereocenters. The van der Waals surface area contributed by atoms with Crippen molar-refractivity contribution in [3.8, 4) is 12.3 Å². The second kappa shape index (κ2) is 5.18. The molecule has 0 bridgehead atoms. The summed E-state index contributed by atoms with van der Waals surface area (Å²) in [6.45, 7) is 3.23. The maximum Gasteiger partial charge on any atom is 0.223 e. The van der Waals surface area contributed by atoms with E-state index >= 15 is 0 Å². The van der Waals surface area contributed by atoms with Crippen LogP contribution < -0.4 is 0 Å². The Kier molecular flexibility index (Phi) is 4.16. The van der Waals surface area contributed by atoms with Gasteiger partial charge in [-0.3, -0.25) is 4.79 Å². The Balaban J connectivity index is 2.44. The molecule has 0 radical (unpaired) electrons. The van der Waals surface area contributed by atoms with E-state index in [1.165, 1.54) is 0 Å². The van der Waals surface area contributed by atoms with Crippen molar-refractivity contribution in [2.75, 3.05) is 13.1 Å². The van der Waals surface area contributed by atoms with Crippen LogP contribution in [0.25, 0.3) is 0 Å². The van der Waals surface area contributed by atoms with Gasteiger partial charge in [0, 0.05) is 25.9 Å². The lowest BCUT2D eigenvalue weighted by molar-refractivity contribution is -0.131. The van der Waals surface area contributed by atoms with E-state index in [1.807, 2.05) is 11.8 Å². The summed E-state index contributed by atoms with van der Waals surface area (Å²) in [5, 5.41) is 9.86. The van der Waals surface area contributed by atoms with Crippen molar-refractivity contribution in [2.24, 2.45) is 0 Å². The molecular weight excluding hydrogens is 190 g/mol. The normalized spacial score (nSPS) is 26.9. The van der Waals surface area contributed by atoms with Crippen molar-refractivity contribution < 1.29 is 9.90 Å². The minimum atomic E-state index is -0.610. The average Bonchev–Trinajstić information content (AvgIpc) is 2.36.